The minimum atomic E-state index is -0.269. The SMILES string of the molecule is C=CC(=O)Nc1cccc(Nc2nc(Nc3ccc(OC)nc3)ncc2C)c1. The molecule has 28 heavy (non-hydrogen) atoms. The Morgan fingerprint density at radius 2 is 1.89 bits per heavy atom. The summed E-state index contributed by atoms with van der Waals surface area (Å²) in [5, 5.41) is 9.08. The molecule has 0 bridgehead atoms. The van der Waals surface area contributed by atoms with E-state index in [2.05, 4.69) is 37.5 Å². The van der Waals surface area contributed by atoms with E-state index in [-0.39, 0.29) is 5.91 Å². The maximum atomic E-state index is 11.5. The van der Waals surface area contributed by atoms with Gasteiger partial charge in [-0.05, 0) is 37.3 Å². The summed E-state index contributed by atoms with van der Waals surface area (Å²) >= 11 is 0. The lowest BCUT2D eigenvalue weighted by Gasteiger charge is -2.12. The van der Waals surface area contributed by atoms with Gasteiger partial charge in [-0.15, -0.1) is 0 Å². The Kier molecular flexibility index (Phi) is 5.81. The van der Waals surface area contributed by atoms with Crippen molar-refractivity contribution in [3.63, 3.8) is 0 Å². The minimum Gasteiger partial charge on any atom is -0.481 e. The van der Waals surface area contributed by atoms with Crippen molar-refractivity contribution >= 4 is 34.7 Å². The second-order valence-corrected chi connectivity index (χ2v) is 5.84. The van der Waals surface area contributed by atoms with Crippen molar-refractivity contribution < 1.29 is 9.53 Å². The van der Waals surface area contributed by atoms with Gasteiger partial charge in [-0.25, -0.2) is 9.97 Å². The molecule has 2 aromatic heterocycles. The van der Waals surface area contributed by atoms with Gasteiger partial charge in [0.25, 0.3) is 0 Å². The van der Waals surface area contributed by atoms with Gasteiger partial charge in [-0.1, -0.05) is 12.6 Å². The quantitative estimate of drug-likeness (QED) is 0.539. The van der Waals surface area contributed by atoms with Crippen LogP contribution in [0.5, 0.6) is 5.88 Å². The number of methoxy groups -OCH3 is 1. The number of hydrogen-bond acceptors (Lipinski definition) is 7. The first kappa shape index (κ1) is 18.8. The minimum absolute atomic E-state index is 0.269. The molecular weight excluding hydrogens is 356 g/mol. The first-order valence-electron chi connectivity index (χ1n) is 8.48. The zero-order valence-corrected chi connectivity index (χ0v) is 15.6. The van der Waals surface area contributed by atoms with Gasteiger partial charge in [0.05, 0.1) is 19.0 Å². The number of nitrogens with zero attached hydrogens (tertiary/aromatic N) is 3. The fourth-order valence-corrected chi connectivity index (χ4v) is 2.34. The lowest BCUT2D eigenvalue weighted by Crippen LogP contribution is -2.07. The van der Waals surface area contributed by atoms with E-state index in [9.17, 15) is 4.79 Å². The molecule has 0 atom stereocenters. The maximum Gasteiger partial charge on any atom is 0.247 e. The molecule has 0 spiro atoms. The Hall–Kier alpha value is -3.94. The topological polar surface area (TPSA) is 101 Å². The molecule has 3 rings (SSSR count). The molecule has 142 valence electrons. The van der Waals surface area contributed by atoms with Crippen molar-refractivity contribution in [2.24, 2.45) is 0 Å². The number of aryl methyl sites for hydroxylation is 1. The molecule has 0 saturated carbocycles. The molecule has 8 nitrogen and oxygen atoms in total. The Morgan fingerprint density at radius 1 is 1.07 bits per heavy atom. The van der Waals surface area contributed by atoms with E-state index < -0.39 is 0 Å². The summed E-state index contributed by atoms with van der Waals surface area (Å²) in [6.45, 7) is 5.36. The summed E-state index contributed by atoms with van der Waals surface area (Å²) in [5.74, 6) is 1.33. The van der Waals surface area contributed by atoms with Crippen molar-refractivity contribution in [2.75, 3.05) is 23.1 Å². The molecule has 0 radical (unpaired) electrons. The molecule has 3 N–H and O–H groups in total. The van der Waals surface area contributed by atoms with E-state index in [1.165, 1.54) is 6.08 Å². The molecule has 0 aliphatic heterocycles. The lowest BCUT2D eigenvalue weighted by molar-refractivity contribution is -0.111. The molecule has 1 amide bonds. The molecule has 0 aliphatic rings. The average Bonchev–Trinajstić information content (AvgIpc) is 2.71. The van der Waals surface area contributed by atoms with Gasteiger partial charge in [0.15, 0.2) is 0 Å². The number of benzene rings is 1. The highest BCUT2D eigenvalue weighted by atomic mass is 16.5. The molecule has 1 aromatic carbocycles. The monoisotopic (exact) mass is 376 g/mol. The zero-order chi connectivity index (χ0) is 19.9. The van der Waals surface area contributed by atoms with Gasteiger partial charge in [0, 0.05) is 29.2 Å². The number of carbonyl (C=O) groups excluding carboxylic acids is 1. The molecule has 2 heterocycles. The Morgan fingerprint density at radius 3 is 2.61 bits per heavy atom. The Balaban J connectivity index is 1.77. The molecule has 0 fully saturated rings. The summed E-state index contributed by atoms with van der Waals surface area (Å²) < 4.78 is 5.05. The van der Waals surface area contributed by atoms with Crippen LogP contribution in [0, 0.1) is 6.92 Å². The predicted molar refractivity (Wildman–Crippen MR) is 109 cm³/mol. The van der Waals surface area contributed by atoms with Gasteiger partial charge in [-0.3, -0.25) is 4.79 Å². The standard InChI is InChI=1S/C20H20N6O2/c1-4-17(27)23-14-6-5-7-15(10-14)24-19-13(2)11-22-20(26-19)25-16-8-9-18(28-3)21-12-16/h4-12H,1H2,2-3H3,(H,23,27)(H2,22,24,25,26). The highest BCUT2D eigenvalue weighted by Crippen LogP contribution is 2.23. The van der Waals surface area contributed by atoms with Crippen molar-refractivity contribution in [1.82, 2.24) is 15.0 Å². The zero-order valence-electron chi connectivity index (χ0n) is 15.6. The van der Waals surface area contributed by atoms with Crippen LogP contribution in [0.4, 0.5) is 28.8 Å². The average molecular weight is 376 g/mol. The number of carbonyl (C=O) groups is 1. The fourth-order valence-electron chi connectivity index (χ4n) is 2.34. The lowest BCUT2D eigenvalue weighted by atomic mass is 10.2. The first-order valence-corrected chi connectivity index (χ1v) is 8.48. The van der Waals surface area contributed by atoms with E-state index in [0.717, 1.165) is 16.9 Å². The van der Waals surface area contributed by atoms with Crippen molar-refractivity contribution in [3.05, 3.63) is 67.0 Å². The van der Waals surface area contributed by atoms with E-state index in [1.807, 2.05) is 31.2 Å². The van der Waals surface area contributed by atoms with Crippen LogP contribution >= 0.6 is 0 Å². The maximum absolute atomic E-state index is 11.5. The van der Waals surface area contributed by atoms with E-state index in [4.69, 9.17) is 4.74 Å². The molecule has 3 aromatic rings. The second-order valence-electron chi connectivity index (χ2n) is 5.84. The van der Waals surface area contributed by atoms with Crippen LogP contribution in [-0.4, -0.2) is 28.0 Å². The predicted octanol–water partition coefficient (Wildman–Crippen LogP) is 3.80. The smallest absolute Gasteiger partial charge is 0.247 e. The summed E-state index contributed by atoms with van der Waals surface area (Å²) in [4.78, 5) is 24.4. The van der Waals surface area contributed by atoms with E-state index >= 15 is 0 Å². The molecular formula is C20H20N6O2. The molecule has 0 aliphatic carbocycles. The van der Waals surface area contributed by atoms with E-state index in [0.29, 0.717) is 23.3 Å². The van der Waals surface area contributed by atoms with Crippen LogP contribution in [0.15, 0.2) is 61.4 Å². The normalized spacial score (nSPS) is 10.1. The highest BCUT2D eigenvalue weighted by molar-refractivity contribution is 5.99. The van der Waals surface area contributed by atoms with Gasteiger partial charge in [0.1, 0.15) is 5.82 Å². The third kappa shape index (κ3) is 4.82. The van der Waals surface area contributed by atoms with Gasteiger partial charge in [0.2, 0.25) is 17.7 Å². The van der Waals surface area contributed by atoms with Gasteiger partial charge >= 0.3 is 0 Å². The number of aromatic nitrogens is 3. The number of pyridine rings is 1. The Bertz CT molecular complexity index is 988. The molecule has 0 saturated heterocycles. The largest absolute Gasteiger partial charge is 0.481 e. The number of nitrogens with one attached hydrogen (secondary N) is 3. The van der Waals surface area contributed by atoms with Crippen LogP contribution in [0.3, 0.4) is 0 Å². The van der Waals surface area contributed by atoms with Crippen LogP contribution in [0.2, 0.25) is 0 Å². The van der Waals surface area contributed by atoms with E-state index in [1.54, 1.807) is 31.6 Å². The Labute approximate surface area is 162 Å². The number of ether oxygens (including phenoxy) is 1. The van der Waals surface area contributed by atoms with Crippen molar-refractivity contribution in [1.29, 1.82) is 0 Å². The number of anilines is 5. The second kappa shape index (κ2) is 8.63. The van der Waals surface area contributed by atoms with Crippen LogP contribution in [0.1, 0.15) is 5.56 Å². The number of hydrogen-bond donors (Lipinski definition) is 3. The van der Waals surface area contributed by atoms with Crippen molar-refractivity contribution in [3.8, 4) is 5.88 Å². The first-order chi connectivity index (χ1) is 13.6. The summed E-state index contributed by atoms with van der Waals surface area (Å²) in [6, 6.07) is 10.9. The molecule has 0 unspecified atom stereocenters. The van der Waals surface area contributed by atoms with Crippen LogP contribution in [0.25, 0.3) is 0 Å². The number of rotatable bonds is 7. The van der Waals surface area contributed by atoms with Crippen LogP contribution in [-0.2, 0) is 4.79 Å². The fraction of sp³-hybridized carbons (Fsp3) is 0.100. The number of amides is 1. The summed E-state index contributed by atoms with van der Waals surface area (Å²) in [7, 11) is 1.56. The summed E-state index contributed by atoms with van der Waals surface area (Å²) in [5.41, 5.74) is 3.05. The van der Waals surface area contributed by atoms with Crippen LogP contribution < -0.4 is 20.7 Å². The molecule has 8 heteroatoms. The third-order valence-electron chi connectivity index (χ3n) is 3.75. The summed E-state index contributed by atoms with van der Waals surface area (Å²) in [6.07, 6.45) is 4.58. The van der Waals surface area contributed by atoms with Gasteiger partial charge in [-0.2, -0.15) is 4.98 Å². The third-order valence-corrected chi connectivity index (χ3v) is 3.75. The van der Waals surface area contributed by atoms with Gasteiger partial charge < -0.3 is 20.7 Å². The van der Waals surface area contributed by atoms with Crippen molar-refractivity contribution in [2.45, 2.75) is 6.92 Å². The highest BCUT2D eigenvalue weighted by Gasteiger charge is 2.07.